The summed E-state index contributed by atoms with van der Waals surface area (Å²) in [5.41, 5.74) is 6.99. The van der Waals surface area contributed by atoms with Crippen LogP contribution in [0.1, 0.15) is 25.9 Å². The van der Waals surface area contributed by atoms with Crippen LogP contribution in [-0.2, 0) is 6.42 Å². The number of nitrogen functional groups attached to an aromatic ring is 1. The quantitative estimate of drug-likeness (QED) is 0.791. The molecule has 0 unspecified atom stereocenters. The van der Waals surface area contributed by atoms with Crippen LogP contribution in [0.2, 0.25) is 0 Å². The second-order valence-electron chi connectivity index (χ2n) is 3.55. The first kappa shape index (κ1) is 10.8. The molecule has 0 aliphatic rings. The summed E-state index contributed by atoms with van der Waals surface area (Å²) in [6.07, 6.45) is 1.73. The van der Waals surface area contributed by atoms with E-state index in [0.717, 1.165) is 15.6 Å². The summed E-state index contributed by atoms with van der Waals surface area (Å²) in [4.78, 5) is 17.3. The van der Waals surface area contributed by atoms with Crippen LogP contribution in [0.25, 0.3) is 0 Å². The summed E-state index contributed by atoms with van der Waals surface area (Å²) < 4.78 is 0. The molecule has 0 spiro atoms. The number of nitrogens with two attached hydrogens (primary N) is 1. The van der Waals surface area contributed by atoms with Crippen molar-refractivity contribution in [1.82, 2.24) is 15.2 Å². The van der Waals surface area contributed by atoms with Gasteiger partial charge in [-0.15, -0.1) is 11.3 Å². The Labute approximate surface area is 96.7 Å². The Morgan fingerprint density at radius 2 is 2.31 bits per heavy atom. The fourth-order valence-corrected chi connectivity index (χ4v) is 2.30. The highest BCUT2D eigenvalue weighted by molar-refractivity contribution is 7.11. The maximum Gasteiger partial charge on any atom is 0.174 e. The summed E-state index contributed by atoms with van der Waals surface area (Å²) >= 11 is 1.54. The molecular formula is C10H12N4OS. The summed E-state index contributed by atoms with van der Waals surface area (Å²) in [6.45, 7) is 3.93. The molecule has 5 nitrogen and oxygen atoms in total. The number of nitrogens with one attached hydrogen (secondary N) is 1. The SMILES string of the molecule is Cc1nc(CC(=O)c2cn[nH]c2N)sc1C. The molecule has 0 radical (unpaired) electrons. The van der Waals surface area contributed by atoms with E-state index >= 15 is 0 Å². The van der Waals surface area contributed by atoms with Gasteiger partial charge in [0.15, 0.2) is 5.78 Å². The number of anilines is 1. The molecule has 16 heavy (non-hydrogen) atoms. The highest BCUT2D eigenvalue weighted by Crippen LogP contribution is 2.19. The average Bonchev–Trinajstić information content (AvgIpc) is 2.74. The summed E-state index contributed by atoms with van der Waals surface area (Å²) in [5, 5.41) is 7.08. The number of hydrogen-bond acceptors (Lipinski definition) is 5. The maximum atomic E-state index is 11.8. The van der Waals surface area contributed by atoms with Gasteiger partial charge in [-0.05, 0) is 13.8 Å². The molecule has 6 heteroatoms. The van der Waals surface area contributed by atoms with Crippen LogP contribution in [0, 0.1) is 13.8 Å². The van der Waals surface area contributed by atoms with E-state index in [2.05, 4.69) is 15.2 Å². The highest BCUT2D eigenvalue weighted by Gasteiger charge is 2.14. The maximum absolute atomic E-state index is 11.8. The van der Waals surface area contributed by atoms with Gasteiger partial charge in [0.25, 0.3) is 0 Å². The Balaban J connectivity index is 2.17. The Bertz CT molecular complexity index is 509. The van der Waals surface area contributed by atoms with E-state index in [0.29, 0.717) is 11.4 Å². The van der Waals surface area contributed by atoms with Crippen molar-refractivity contribution in [2.45, 2.75) is 20.3 Å². The largest absolute Gasteiger partial charge is 0.383 e. The lowest BCUT2D eigenvalue weighted by Crippen LogP contribution is -2.05. The monoisotopic (exact) mass is 236 g/mol. The number of carbonyl (C=O) groups excluding carboxylic acids is 1. The van der Waals surface area contributed by atoms with E-state index in [4.69, 9.17) is 5.73 Å². The second kappa shape index (κ2) is 4.05. The molecule has 0 aliphatic carbocycles. The first-order chi connectivity index (χ1) is 7.58. The van der Waals surface area contributed by atoms with Crippen LogP contribution in [0.3, 0.4) is 0 Å². The van der Waals surface area contributed by atoms with Gasteiger partial charge < -0.3 is 5.73 Å². The van der Waals surface area contributed by atoms with Gasteiger partial charge in [-0.3, -0.25) is 9.89 Å². The smallest absolute Gasteiger partial charge is 0.174 e. The molecule has 0 amide bonds. The van der Waals surface area contributed by atoms with E-state index in [1.165, 1.54) is 6.20 Å². The third-order valence-electron chi connectivity index (χ3n) is 2.35. The zero-order valence-corrected chi connectivity index (χ0v) is 9.89. The van der Waals surface area contributed by atoms with E-state index in [-0.39, 0.29) is 12.2 Å². The molecule has 0 aromatic carbocycles. The Morgan fingerprint density at radius 3 is 2.81 bits per heavy atom. The lowest BCUT2D eigenvalue weighted by Gasteiger charge is -1.95. The van der Waals surface area contributed by atoms with Crippen molar-refractivity contribution in [1.29, 1.82) is 0 Å². The second-order valence-corrected chi connectivity index (χ2v) is 4.83. The minimum atomic E-state index is -0.0556. The molecule has 84 valence electrons. The minimum absolute atomic E-state index is 0.0556. The van der Waals surface area contributed by atoms with Crippen molar-refractivity contribution in [2.24, 2.45) is 0 Å². The number of rotatable bonds is 3. The first-order valence-corrected chi connectivity index (χ1v) is 5.64. The third-order valence-corrected chi connectivity index (χ3v) is 3.43. The lowest BCUT2D eigenvalue weighted by molar-refractivity contribution is 0.0994. The van der Waals surface area contributed by atoms with Crippen LogP contribution >= 0.6 is 11.3 Å². The van der Waals surface area contributed by atoms with Gasteiger partial charge in [0.05, 0.1) is 23.9 Å². The molecule has 0 saturated carbocycles. The van der Waals surface area contributed by atoms with Crippen molar-refractivity contribution in [3.63, 3.8) is 0 Å². The number of thiazole rings is 1. The van der Waals surface area contributed by atoms with Crippen molar-refractivity contribution < 1.29 is 4.79 Å². The number of nitrogens with zero attached hydrogens (tertiary/aromatic N) is 2. The van der Waals surface area contributed by atoms with Crippen molar-refractivity contribution >= 4 is 22.9 Å². The molecule has 2 rings (SSSR count). The van der Waals surface area contributed by atoms with Crippen molar-refractivity contribution in [3.05, 3.63) is 27.3 Å². The standard InChI is InChI=1S/C10H12N4OS/c1-5-6(2)16-9(13-5)3-8(15)7-4-12-14-10(7)11/h4H,3H2,1-2H3,(H3,11,12,14). The Kier molecular flexibility index (Phi) is 2.74. The normalized spacial score (nSPS) is 10.6. The van der Waals surface area contributed by atoms with E-state index in [9.17, 15) is 4.79 Å². The number of aromatic nitrogens is 3. The van der Waals surface area contributed by atoms with Gasteiger partial charge in [0.2, 0.25) is 0 Å². The molecule has 0 atom stereocenters. The van der Waals surface area contributed by atoms with Crippen LogP contribution in [-0.4, -0.2) is 21.0 Å². The van der Waals surface area contributed by atoms with Gasteiger partial charge in [0, 0.05) is 4.88 Å². The molecule has 2 aromatic rings. The third kappa shape index (κ3) is 1.96. The van der Waals surface area contributed by atoms with Gasteiger partial charge in [-0.25, -0.2) is 4.98 Å². The van der Waals surface area contributed by atoms with E-state index < -0.39 is 0 Å². The Hall–Kier alpha value is -1.69. The van der Waals surface area contributed by atoms with Gasteiger partial charge in [0.1, 0.15) is 10.8 Å². The number of ketones is 1. The Morgan fingerprint density at radius 1 is 1.56 bits per heavy atom. The summed E-state index contributed by atoms with van der Waals surface area (Å²) in [5.74, 6) is 0.259. The zero-order valence-electron chi connectivity index (χ0n) is 9.07. The highest BCUT2D eigenvalue weighted by atomic mass is 32.1. The predicted molar refractivity (Wildman–Crippen MR) is 62.6 cm³/mol. The molecule has 2 aromatic heterocycles. The van der Waals surface area contributed by atoms with Crippen LogP contribution in [0.5, 0.6) is 0 Å². The molecule has 3 N–H and O–H groups in total. The van der Waals surface area contributed by atoms with Crippen LogP contribution in [0.15, 0.2) is 6.20 Å². The molecule has 0 fully saturated rings. The summed E-state index contributed by atoms with van der Waals surface area (Å²) in [6, 6.07) is 0. The molecule has 0 bridgehead atoms. The molecular weight excluding hydrogens is 224 g/mol. The predicted octanol–water partition coefficient (Wildman–Crippen LogP) is 1.49. The molecule has 0 aliphatic heterocycles. The summed E-state index contributed by atoms with van der Waals surface area (Å²) in [7, 11) is 0. The fraction of sp³-hybridized carbons (Fsp3) is 0.300. The average molecular weight is 236 g/mol. The first-order valence-electron chi connectivity index (χ1n) is 4.83. The molecule has 0 saturated heterocycles. The van der Waals surface area contributed by atoms with Crippen molar-refractivity contribution in [3.8, 4) is 0 Å². The van der Waals surface area contributed by atoms with E-state index in [1.807, 2.05) is 13.8 Å². The number of Topliss-reactive ketones (excluding diaryl/α,β-unsaturated/α-hetero) is 1. The van der Waals surface area contributed by atoms with E-state index in [1.54, 1.807) is 11.3 Å². The van der Waals surface area contributed by atoms with Gasteiger partial charge in [-0.2, -0.15) is 5.10 Å². The van der Waals surface area contributed by atoms with Crippen LogP contribution < -0.4 is 5.73 Å². The number of hydrogen-bond donors (Lipinski definition) is 2. The fourth-order valence-electron chi connectivity index (χ4n) is 1.37. The number of H-pyrrole nitrogens is 1. The van der Waals surface area contributed by atoms with Gasteiger partial charge in [-0.1, -0.05) is 0 Å². The number of carbonyl (C=O) groups is 1. The number of aromatic amines is 1. The van der Waals surface area contributed by atoms with Crippen molar-refractivity contribution in [2.75, 3.05) is 5.73 Å². The molecule has 2 heterocycles. The topological polar surface area (TPSA) is 84.7 Å². The zero-order chi connectivity index (χ0) is 11.7. The van der Waals surface area contributed by atoms with Crippen LogP contribution in [0.4, 0.5) is 5.82 Å². The number of aryl methyl sites for hydroxylation is 2. The lowest BCUT2D eigenvalue weighted by atomic mass is 10.1. The van der Waals surface area contributed by atoms with Gasteiger partial charge >= 0.3 is 0 Å². The minimum Gasteiger partial charge on any atom is -0.383 e.